The molecule has 6 heteroatoms. The van der Waals surface area contributed by atoms with Gasteiger partial charge in [-0.15, -0.1) is 11.3 Å². The average molecular weight is 295 g/mol. The predicted molar refractivity (Wildman–Crippen MR) is 78.5 cm³/mol. The number of nitrogens with zero attached hydrogens (tertiary/aromatic N) is 2. The minimum Gasteiger partial charge on any atom is -0.340 e. The standard InChI is InChI=1S/C14H21N3O2S/c1-5-14(4)13(19)17(10(3)11(18)16-14)8-9(2)12-15-6-7-20-12/h6-7,9-10H,5,8H2,1-4H3,(H,16,18). The number of piperazine rings is 1. The predicted octanol–water partition coefficient (Wildman–Crippen LogP) is 1.76. The highest BCUT2D eigenvalue weighted by atomic mass is 32.1. The van der Waals surface area contributed by atoms with Gasteiger partial charge in [-0.25, -0.2) is 4.98 Å². The van der Waals surface area contributed by atoms with E-state index in [1.54, 1.807) is 36.3 Å². The molecule has 2 amide bonds. The van der Waals surface area contributed by atoms with Crippen molar-refractivity contribution in [3.05, 3.63) is 16.6 Å². The van der Waals surface area contributed by atoms with Crippen LogP contribution in [-0.2, 0) is 9.59 Å². The molecule has 0 aliphatic carbocycles. The fourth-order valence-electron chi connectivity index (χ4n) is 2.40. The van der Waals surface area contributed by atoms with Crippen LogP contribution in [0.25, 0.3) is 0 Å². The Bertz CT molecular complexity index is 503. The number of aromatic nitrogens is 1. The minimum absolute atomic E-state index is 0.00416. The second-order valence-electron chi connectivity index (χ2n) is 5.58. The smallest absolute Gasteiger partial charge is 0.248 e. The van der Waals surface area contributed by atoms with Gasteiger partial charge in [-0.1, -0.05) is 13.8 Å². The lowest BCUT2D eigenvalue weighted by Crippen LogP contribution is -2.68. The van der Waals surface area contributed by atoms with Gasteiger partial charge in [0.1, 0.15) is 11.6 Å². The first-order valence-electron chi connectivity index (χ1n) is 6.91. The van der Waals surface area contributed by atoms with E-state index >= 15 is 0 Å². The Labute approximate surface area is 123 Å². The van der Waals surface area contributed by atoms with Crippen molar-refractivity contribution in [1.82, 2.24) is 15.2 Å². The van der Waals surface area contributed by atoms with Crippen LogP contribution < -0.4 is 5.32 Å². The van der Waals surface area contributed by atoms with Crippen LogP contribution in [0.5, 0.6) is 0 Å². The summed E-state index contributed by atoms with van der Waals surface area (Å²) in [6, 6.07) is -0.426. The van der Waals surface area contributed by atoms with E-state index in [4.69, 9.17) is 0 Å². The van der Waals surface area contributed by atoms with Gasteiger partial charge in [0.05, 0.1) is 5.01 Å². The molecule has 1 aromatic heterocycles. The molecule has 1 N–H and O–H groups in total. The monoisotopic (exact) mass is 295 g/mol. The third kappa shape index (κ3) is 2.57. The van der Waals surface area contributed by atoms with Crippen molar-refractivity contribution in [2.75, 3.05) is 6.54 Å². The third-order valence-corrected chi connectivity index (χ3v) is 5.04. The molecule has 2 rings (SSSR count). The van der Waals surface area contributed by atoms with Gasteiger partial charge in [0, 0.05) is 24.0 Å². The van der Waals surface area contributed by atoms with Crippen molar-refractivity contribution in [1.29, 1.82) is 0 Å². The second-order valence-corrected chi connectivity index (χ2v) is 6.51. The molecule has 20 heavy (non-hydrogen) atoms. The molecule has 1 aliphatic heterocycles. The van der Waals surface area contributed by atoms with Crippen molar-refractivity contribution in [3.63, 3.8) is 0 Å². The van der Waals surface area contributed by atoms with Crippen LogP contribution in [0.15, 0.2) is 11.6 Å². The molecule has 2 heterocycles. The van der Waals surface area contributed by atoms with E-state index in [-0.39, 0.29) is 17.7 Å². The Balaban J connectivity index is 2.19. The molecule has 110 valence electrons. The van der Waals surface area contributed by atoms with Crippen LogP contribution >= 0.6 is 11.3 Å². The van der Waals surface area contributed by atoms with Crippen LogP contribution in [0.3, 0.4) is 0 Å². The maximum Gasteiger partial charge on any atom is 0.248 e. The molecule has 0 saturated carbocycles. The zero-order chi connectivity index (χ0) is 14.9. The number of nitrogens with one attached hydrogen (secondary N) is 1. The topological polar surface area (TPSA) is 62.3 Å². The lowest BCUT2D eigenvalue weighted by molar-refractivity contribution is -0.154. The number of carbonyl (C=O) groups excluding carboxylic acids is 2. The van der Waals surface area contributed by atoms with Crippen molar-refractivity contribution in [2.45, 2.75) is 51.6 Å². The quantitative estimate of drug-likeness (QED) is 0.920. The molecule has 0 radical (unpaired) electrons. The zero-order valence-corrected chi connectivity index (χ0v) is 13.2. The fraction of sp³-hybridized carbons (Fsp3) is 0.643. The van der Waals surface area contributed by atoms with Crippen LogP contribution in [0.4, 0.5) is 0 Å². The Hall–Kier alpha value is -1.43. The molecule has 1 aliphatic rings. The molecule has 0 bridgehead atoms. The van der Waals surface area contributed by atoms with E-state index in [2.05, 4.69) is 10.3 Å². The number of hydrogen-bond donors (Lipinski definition) is 1. The van der Waals surface area contributed by atoms with E-state index in [0.717, 1.165) is 5.01 Å². The molecule has 3 unspecified atom stereocenters. The maximum absolute atomic E-state index is 12.6. The first kappa shape index (κ1) is 15.0. The summed E-state index contributed by atoms with van der Waals surface area (Å²) in [4.78, 5) is 30.7. The van der Waals surface area contributed by atoms with Crippen molar-refractivity contribution < 1.29 is 9.59 Å². The van der Waals surface area contributed by atoms with Gasteiger partial charge in [0.25, 0.3) is 0 Å². The third-order valence-electron chi connectivity index (χ3n) is 4.03. The highest BCUT2D eigenvalue weighted by Crippen LogP contribution is 2.25. The molecule has 0 spiro atoms. The number of carbonyl (C=O) groups is 2. The Morgan fingerprint density at radius 1 is 1.55 bits per heavy atom. The van der Waals surface area contributed by atoms with Crippen molar-refractivity contribution >= 4 is 23.2 Å². The van der Waals surface area contributed by atoms with Gasteiger partial charge in [-0.05, 0) is 20.3 Å². The molecule has 3 atom stereocenters. The summed E-state index contributed by atoms with van der Waals surface area (Å²) in [5.74, 6) is 0.0456. The van der Waals surface area contributed by atoms with E-state index in [1.165, 1.54) is 0 Å². The molecular weight excluding hydrogens is 274 g/mol. The summed E-state index contributed by atoms with van der Waals surface area (Å²) in [5.41, 5.74) is -0.786. The van der Waals surface area contributed by atoms with Crippen molar-refractivity contribution in [2.24, 2.45) is 0 Å². The van der Waals surface area contributed by atoms with Gasteiger partial charge in [0.2, 0.25) is 11.8 Å². The summed E-state index contributed by atoms with van der Waals surface area (Å²) < 4.78 is 0. The highest BCUT2D eigenvalue weighted by molar-refractivity contribution is 7.09. The summed E-state index contributed by atoms with van der Waals surface area (Å²) >= 11 is 1.58. The number of hydrogen-bond acceptors (Lipinski definition) is 4. The Kier molecular flexibility index (Phi) is 4.13. The van der Waals surface area contributed by atoms with E-state index in [0.29, 0.717) is 13.0 Å². The van der Waals surface area contributed by atoms with Crippen LogP contribution in [0.1, 0.15) is 45.0 Å². The van der Waals surface area contributed by atoms with Crippen LogP contribution in [0, 0.1) is 0 Å². The van der Waals surface area contributed by atoms with E-state index < -0.39 is 11.6 Å². The summed E-state index contributed by atoms with van der Waals surface area (Å²) in [7, 11) is 0. The SMILES string of the molecule is CCC1(C)NC(=O)C(C)N(CC(C)c2nccs2)C1=O. The number of amides is 2. The average Bonchev–Trinajstić information content (AvgIpc) is 2.95. The number of rotatable bonds is 4. The summed E-state index contributed by atoms with van der Waals surface area (Å²) in [6.45, 7) is 8.04. The van der Waals surface area contributed by atoms with E-state index in [9.17, 15) is 9.59 Å². The molecule has 1 fully saturated rings. The van der Waals surface area contributed by atoms with Gasteiger partial charge >= 0.3 is 0 Å². The summed E-state index contributed by atoms with van der Waals surface area (Å²) in [6.07, 6.45) is 2.35. The maximum atomic E-state index is 12.6. The lowest BCUT2D eigenvalue weighted by atomic mass is 9.91. The number of thiazole rings is 1. The molecule has 5 nitrogen and oxygen atoms in total. The van der Waals surface area contributed by atoms with Gasteiger partial charge < -0.3 is 10.2 Å². The summed E-state index contributed by atoms with van der Waals surface area (Å²) in [5, 5.41) is 5.76. The lowest BCUT2D eigenvalue weighted by Gasteiger charge is -2.43. The van der Waals surface area contributed by atoms with Gasteiger partial charge in [-0.2, -0.15) is 0 Å². The van der Waals surface area contributed by atoms with E-state index in [1.807, 2.05) is 19.2 Å². The minimum atomic E-state index is -0.786. The fourth-order valence-corrected chi connectivity index (χ4v) is 3.09. The molecule has 1 saturated heterocycles. The zero-order valence-electron chi connectivity index (χ0n) is 12.3. The Morgan fingerprint density at radius 2 is 2.25 bits per heavy atom. The van der Waals surface area contributed by atoms with Gasteiger partial charge in [-0.3, -0.25) is 9.59 Å². The molecule has 1 aromatic rings. The van der Waals surface area contributed by atoms with Gasteiger partial charge in [0.15, 0.2) is 0 Å². The largest absolute Gasteiger partial charge is 0.340 e. The highest BCUT2D eigenvalue weighted by Gasteiger charge is 2.45. The Morgan fingerprint density at radius 3 is 2.80 bits per heavy atom. The first-order chi connectivity index (χ1) is 9.39. The normalized spacial score (nSPS) is 28.4. The van der Waals surface area contributed by atoms with Crippen LogP contribution in [0.2, 0.25) is 0 Å². The molecular formula is C14H21N3O2S. The second kappa shape index (κ2) is 5.52. The van der Waals surface area contributed by atoms with Crippen molar-refractivity contribution in [3.8, 4) is 0 Å². The molecule has 0 aromatic carbocycles. The van der Waals surface area contributed by atoms with Crippen LogP contribution in [-0.4, -0.2) is 39.8 Å². The first-order valence-corrected chi connectivity index (χ1v) is 7.79.